The number of halogens is 1. The van der Waals surface area contributed by atoms with Gasteiger partial charge in [0.2, 0.25) is 5.91 Å². The first-order valence-electron chi connectivity index (χ1n) is 11.2. The van der Waals surface area contributed by atoms with Gasteiger partial charge in [-0.05, 0) is 42.7 Å². The molecule has 2 aliphatic heterocycles. The summed E-state index contributed by atoms with van der Waals surface area (Å²) in [7, 11) is 0. The topological polar surface area (TPSA) is 83.4 Å². The van der Waals surface area contributed by atoms with Crippen LogP contribution < -0.4 is 16.2 Å². The molecule has 164 valence electrons. The van der Waals surface area contributed by atoms with Crippen molar-refractivity contribution >= 4 is 5.91 Å². The Bertz CT molecular complexity index is 1050. The fourth-order valence-electron chi connectivity index (χ4n) is 5.67. The maximum atomic E-state index is 13.6. The zero-order valence-electron chi connectivity index (χ0n) is 17.4. The molecule has 0 unspecified atom stereocenters. The molecule has 3 heterocycles. The Hall–Kier alpha value is -2.51. The van der Waals surface area contributed by atoms with Crippen molar-refractivity contribution in [1.29, 1.82) is 0 Å². The fraction of sp³-hybridized carbons (Fsp3) is 0.500. The van der Waals surface area contributed by atoms with Gasteiger partial charge in [0.1, 0.15) is 5.82 Å². The van der Waals surface area contributed by atoms with Crippen LogP contribution in [0.3, 0.4) is 0 Å². The molecular weight excluding hydrogens is 397 g/mol. The molecule has 2 aromatic rings. The molecule has 1 amide bonds. The van der Waals surface area contributed by atoms with E-state index in [1.807, 2.05) is 6.07 Å². The van der Waals surface area contributed by atoms with E-state index in [4.69, 9.17) is 0 Å². The van der Waals surface area contributed by atoms with Crippen LogP contribution in [0.15, 0.2) is 41.2 Å². The standard InChI is InChI=1S/C24H28FN3O3/c25-15-6-4-5-14(11-15)17-9-10-20-21-18(12-28(20)24(17)31)19(13-29)22(27-21)23(30)26-16-7-2-1-3-8-16/h4-6,9-11,16,18-19,21-22,27,29H,1-3,7-8,12-13H2,(H,26,30)/t18-,19-,21+,22-/m1/s1. The summed E-state index contributed by atoms with van der Waals surface area (Å²) >= 11 is 0. The smallest absolute Gasteiger partial charge is 0.258 e. The lowest BCUT2D eigenvalue weighted by Crippen LogP contribution is -2.49. The molecule has 7 heteroatoms. The van der Waals surface area contributed by atoms with Crippen molar-refractivity contribution in [2.75, 3.05) is 6.61 Å². The normalized spacial score (nSPS) is 27.7. The van der Waals surface area contributed by atoms with Gasteiger partial charge in [-0.25, -0.2) is 4.39 Å². The number of carbonyl (C=O) groups is 1. The van der Waals surface area contributed by atoms with Gasteiger partial charge in [0, 0.05) is 42.3 Å². The second kappa shape index (κ2) is 8.20. The summed E-state index contributed by atoms with van der Waals surface area (Å²) < 4.78 is 15.4. The average molecular weight is 426 g/mol. The van der Waals surface area contributed by atoms with Crippen molar-refractivity contribution in [1.82, 2.24) is 15.2 Å². The Kier molecular flexibility index (Phi) is 5.40. The molecule has 1 saturated heterocycles. The zero-order valence-corrected chi connectivity index (χ0v) is 17.4. The maximum Gasteiger partial charge on any atom is 0.258 e. The highest BCUT2D eigenvalue weighted by Crippen LogP contribution is 2.43. The van der Waals surface area contributed by atoms with E-state index in [0.717, 1.165) is 31.4 Å². The molecule has 0 bridgehead atoms. The van der Waals surface area contributed by atoms with E-state index in [-0.39, 0.29) is 47.8 Å². The van der Waals surface area contributed by atoms with E-state index >= 15 is 0 Å². The van der Waals surface area contributed by atoms with Gasteiger partial charge in [-0.3, -0.25) is 14.9 Å². The Morgan fingerprint density at radius 1 is 1.19 bits per heavy atom. The summed E-state index contributed by atoms with van der Waals surface area (Å²) in [4.78, 5) is 26.1. The summed E-state index contributed by atoms with van der Waals surface area (Å²) in [5.41, 5.74) is 1.66. The molecule has 31 heavy (non-hydrogen) atoms. The summed E-state index contributed by atoms with van der Waals surface area (Å²) in [6.07, 6.45) is 5.52. The summed E-state index contributed by atoms with van der Waals surface area (Å²) in [6, 6.07) is 9.24. The van der Waals surface area contributed by atoms with Crippen molar-refractivity contribution in [2.45, 2.75) is 56.8 Å². The molecule has 1 aromatic heterocycles. The van der Waals surface area contributed by atoms with E-state index in [1.165, 1.54) is 18.6 Å². The number of pyridine rings is 1. The predicted octanol–water partition coefficient (Wildman–Crippen LogP) is 2.35. The third-order valence-electron chi connectivity index (χ3n) is 7.27. The maximum absolute atomic E-state index is 13.6. The van der Waals surface area contributed by atoms with E-state index in [1.54, 1.807) is 22.8 Å². The van der Waals surface area contributed by atoms with Crippen LogP contribution in [0.5, 0.6) is 0 Å². The van der Waals surface area contributed by atoms with E-state index in [0.29, 0.717) is 17.7 Å². The monoisotopic (exact) mass is 425 g/mol. The van der Waals surface area contributed by atoms with Gasteiger partial charge < -0.3 is 15.0 Å². The lowest BCUT2D eigenvalue weighted by molar-refractivity contribution is -0.125. The first-order valence-corrected chi connectivity index (χ1v) is 11.2. The average Bonchev–Trinajstić information content (AvgIpc) is 3.31. The van der Waals surface area contributed by atoms with Crippen molar-refractivity contribution in [2.24, 2.45) is 11.8 Å². The number of nitrogens with one attached hydrogen (secondary N) is 2. The fourth-order valence-corrected chi connectivity index (χ4v) is 5.67. The Balaban J connectivity index is 1.39. The molecule has 3 aliphatic rings. The molecule has 0 spiro atoms. The van der Waals surface area contributed by atoms with E-state index in [9.17, 15) is 19.1 Å². The highest BCUT2D eigenvalue weighted by Gasteiger charge is 2.50. The van der Waals surface area contributed by atoms with Gasteiger partial charge in [0.25, 0.3) is 5.56 Å². The minimum absolute atomic E-state index is 0.0393. The van der Waals surface area contributed by atoms with Crippen LogP contribution in [0.4, 0.5) is 4.39 Å². The number of carbonyl (C=O) groups excluding carboxylic acids is 1. The quantitative estimate of drug-likeness (QED) is 0.702. The van der Waals surface area contributed by atoms with Crippen molar-refractivity contribution < 1.29 is 14.3 Å². The van der Waals surface area contributed by atoms with Gasteiger partial charge in [0.05, 0.1) is 12.1 Å². The first-order chi connectivity index (χ1) is 15.1. The number of amides is 1. The number of aromatic nitrogens is 1. The largest absolute Gasteiger partial charge is 0.396 e. The van der Waals surface area contributed by atoms with Crippen LogP contribution in [0.2, 0.25) is 0 Å². The molecule has 4 atom stereocenters. The Morgan fingerprint density at radius 3 is 2.74 bits per heavy atom. The lowest BCUT2D eigenvalue weighted by Gasteiger charge is -2.27. The van der Waals surface area contributed by atoms with E-state index < -0.39 is 6.04 Å². The van der Waals surface area contributed by atoms with Crippen LogP contribution in [0, 0.1) is 17.7 Å². The highest BCUT2D eigenvalue weighted by atomic mass is 19.1. The van der Waals surface area contributed by atoms with Crippen molar-refractivity contribution in [3.63, 3.8) is 0 Å². The van der Waals surface area contributed by atoms with E-state index in [2.05, 4.69) is 10.6 Å². The molecule has 1 saturated carbocycles. The van der Waals surface area contributed by atoms with Crippen LogP contribution in [0.1, 0.15) is 43.8 Å². The number of aliphatic hydroxyl groups is 1. The molecule has 1 aromatic carbocycles. The number of benzene rings is 1. The molecule has 1 aliphatic carbocycles. The molecule has 5 rings (SSSR count). The minimum atomic E-state index is -0.464. The third-order valence-corrected chi connectivity index (χ3v) is 7.27. The first kappa shape index (κ1) is 20.4. The summed E-state index contributed by atoms with van der Waals surface area (Å²) in [6.45, 7) is 0.323. The number of aliphatic hydroxyl groups excluding tert-OH is 1. The summed E-state index contributed by atoms with van der Waals surface area (Å²) in [5, 5.41) is 16.7. The molecular formula is C24H28FN3O3. The minimum Gasteiger partial charge on any atom is -0.396 e. The predicted molar refractivity (Wildman–Crippen MR) is 115 cm³/mol. The number of rotatable bonds is 4. The number of fused-ring (bicyclic) bond motifs is 3. The van der Waals surface area contributed by atoms with Gasteiger partial charge in [-0.1, -0.05) is 31.4 Å². The second-order valence-electron chi connectivity index (χ2n) is 9.07. The molecule has 0 radical (unpaired) electrons. The van der Waals surface area contributed by atoms with Crippen LogP contribution in [-0.2, 0) is 11.3 Å². The number of hydrogen-bond acceptors (Lipinski definition) is 4. The number of nitrogens with zero attached hydrogens (tertiary/aromatic N) is 1. The molecule has 3 N–H and O–H groups in total. The van der Waals surface area contributed by atoms with Gasteiger partial charge >= 0.3 is 0 Å². The van der Waals surface area contributed by atoms with Crippen LogP contribution in [0.25, 0.3) is 11.1 Å². The van der Waals surface area contributed by atoms with Crippen molar-refractivity contribution in [3.8, 4) is 11.1 Å². The third kappa shape index (κ3) is 3.59. The molecule has 2 fully saturated rings. The highest BCUT2D eigenvalue weighted by molar-refractivity contribution is 5.83. The van der Waals surface area contributed by atoms with Crippen LogP contribution >= 0.6 is 0 Å². The second-order valence-corrected chi connectivity index (χ2v) is 9.07. The van der Waals surface area contributed by atoms with Gasteiger partial charge in [0.15, 0.2) is 0 Å². The van der Waals surface area contributed by atoms with Crippen molar-refractivity contribution in [3.05, 3.63) is 58.3 Å². The Labute approximate surface area is 180 Å². The Morgan fingerprint density at radius 2 is 2.00 bits per heavy atom. The van der Waals surface area contributed by atoms with Crippen LogP contribution in [-0.4, -0.2) is 34.3 Å². The summed E-state index contributed by atoms with van der Waals surface area (Å²) in [5.74, 6) is -0.730. The SMILES string of the molecule is O=C(NC1CCCCC1)[C@@H]1N[C@@H]2c3ccc(-c4cccc(F)c4)c(=O)n3C[C@@H]2[C@H]1CO. The van der Waals surface area contributed by atoms with Gasteiger partial charge in [-0.2, -0.15) is 0 Å². The molecule has 6 nitrogen and oxygen atoms in total. The van der Waals surface area contributed by atoms with Gasteiger partial charge in [-0.15, -0.1) is 0 Å². The zero-order chi connectivity index (χ0) is 21.5. The number of hydrogen-bond donors (Lipinski definition) is 3. The lowest BCUT2D eigenvalue weighted by atomic mass is 9.87.